The van der Waals surface area contributed by atoms with Crippen LogP contribution in [0.5, 0.6) is 0 Å². The first-order valence-corrected chi connectivity index (χ1v) is 7.03. The predicted octanol–water partition coefficient (Wildman–Crippen LogP) is 2.46. The molecule has 0 spiro atoms. The van der Waals surface area contributed by atoms with Crippen LogP contribution in [0.4, 0.5) is 4.39 Å². The van der Waals surface area contributed by atoms with Crippen molar-refractivity contribution in [3.63, 3.8) is 0 Å². The molecule has 1 heterocycles. The first-order chi connectivity index (χ1) is 10.7. The summed E-state index contributed by atoms with van der Waals surface area (Å²) in [7, 11) is -0.334. The van der Waals surface area contributed by atoms with Crippen molar-refractivity contribution >= 4 is 24.4 Å². The van der Waals surface area contributed by atoms with Gasteiger partial charge in [0.2, 0.25) is 0 Å². The highest BCUT2D eigenvalue weighted by atomic mass is 19.1. The van der Waals surface area contributed by atoms with Gasteiger partial charge < -0.3 is 9.31 Å². The molecule has 0 aromatic heterocycles. The lowest BCUT2D eigenvalue weighted by Crippen LogP contribution is -2.31. The van der Waals surface area contributed by atoms with Crippen LogP contribution in [-0.4, -0.2) is 26.1 Å². The summed E-state index contributed by atoms with van der Waals surface area (Å²) in [6.45, 7) is 1.18. The molecule has 1 aliphatic heterocycles. The van der Waals surface area contributed by atoms with Crippen LogP contribution >= 0.6 is 0 Å². The third kappa shape index (κ3) is 3.50. The fraction of sp³-hybridized carbons (Fsp3) is 0.118. The van der Waals surface area contributed by atoms with E-state index in [9.17, 15) is 9.18 Å². The molecule has 0 aliphatic carbocycles. The molecule has 0 N–H and O–H groups in total. The average Bonchev–Trinajstić information content (AvgIpc) is 3.09. The maximum absolute atomic E-state index is 12.8. The van der Waals surface area contributed by atoms with E-state index < -0.39 is 0 Å². The topological polar surface area (TPSA) is 35.5 Å². The average molecular weight is 296 g/mol. The van der Waals surface area contributed by atoms with Crippen molar-refractivity contribution in [2.45, 2.75) is 0 Å². The van der Waals surface area contributed by atoms with Crippen LogP contribution < -0.4 is 5.46 Å². The van der Waals surface area contributed by atoms with Crippen molar-refractivity contribution in [3.05, 3.63) is 71.6 Å². The summed E-state index contributed by atoms with van der Waals surface area (Å²) in [6.07, 6.45) is 3.14. The Morgan fingerprint density at radius 2 is 1.64 bits per heavy atom. The van der Waals surface area contributed by atoms with Gasteiger partial charge in [-0.1, -0.05) is 42.5 Å². The summed E-state index contributed by atoms with van der Waals surface area (Å²) in [5, 5.41) is 0. The van der Waals surface area contributed by atoms with Crippen LogP contribution in [0.3, 0.4) is 0 Å². The van der Waals surface area contributed by atoms with Gasteiger partial charge in [-0.15, -0.1) is 0 Å². The third-order valence-electron chi connectivity index (χ3n) is 3.39. The summed E-state index contributed by atoms with van der Waals surface area (Å²) < 4.78 is 23.6. The molecule has 0 radical (unpaired) electrons. The number of halogens is 1. The highest BCUT2D eigenvalue weighted by molar-refractivity contribution is 6.61. The second-order valence-corrected chi connectivity index (χ2v) is 4.94. The molecule has 5 heteroatoms. The Bertz CT molecular complexity index is 674. The van der Waals surface area contributed by atoms with Gasteiger partial charge in [0.1, 0.15) is 5.82 Å². The first-order valence-electron chi connectivity index (χ1n) is 7.03. The highest BCUT2D eigenvalue weighted by Gasteiger charge is 2.25. The standard InChI is InChI=1S/C17H14BFO3/c19-16-8-1-13(2-9-16)3-10-17(20)14-4-6-15(7-5-14)18-21-11-12-22-18/h1-10H,11-12H2/b10-3+. The Hall–Kier alpha value is -2.24. The van der Waals surface area contributed by atoms with Gasteiger partial charge in [-0.05, 0) is 29.2 Å². The van der Waals surface area contributed by atoms with E-state index in [4.69, 9.17) is 9.31 Å². The molecule has 0 amide bonds. The molecular formula is C17H14BFO3. The monoisotopic (exact) mass is 296 g/mol. The normalized spacial score (nSPS) is 14.7. The number of ketones is 1. The minimum Gasteiger partial charge on any atom is -0.405 e. The fourth-order valence-electron chi connectivity index (χ4n) is 2.20. The summed E-state index contributed by atoms with van der Waals surface area (Å²) in [4.78, 5) is 12.1. The van der Waals surface area contributed by atoms with Crippen LogP contribution in [0.2, 0.25) is 0 Å². The lowest BCUT2D eigenvalue weighted by atomic mass is 9.79. The van der Waals surface area contributed by atoms with Gasteiger partial charge in [0, 0.05) is 5.56 Å². The Balaban J connectivity index is 1.68. The number of hydrogen-bond acceptors (Lipinski definition) is 3. The van der Waals surface area contributed by atoms with E-state index in [0.29, 0.717) is 18.8 Å². The van der Waals surface area contributed by atoms with Gasteiger partial charge in [0.25, 0.3) is 0 Å². The van der Waals surface area contributed by atoms with Gasteiger partial charge in [-0.25, -0.2) is 4.39 Å². The third-order valence-corrected chi connectivity index (χ3v) is 3.39. The van der Waals surface area contributed by atoms with Crippen molar-refractivity contribution < 1.29 is 18.5 Å². The van der Waals surface area contributed by atoms with Crippen molar-refractivity contribution in [2.75, 3.05) is 13.2 Å². The van der Waals surface area contributed by atoms with Crippen LogP contribution in [-0.2, 0) is 9.31 Å². The maximum atomic E-state index is 12.8. The Morgan fingerprint density at radius 1 is 1.00 bits per heavy atom. The van der Waals surface area contributed by atoms with Gasteiger partial charge >= 0.3 is 7.12 Å². The molecule has 1 aliphatic rings. The second kappa shape index (κ2) is 6.68. The molecule has 0 bridgehead atoms. The molecule has 1 saturated heterocycles. The zero-order valence-electron chi connectivity index (χ0n) is 11.9. The highest BCUT2D eigenvalue weighted by Crippen LogP contribution is 2.08. The molecule has 0 unspecified atom stereocenters. The first kappa shape index (κ1) is 14.7. The smallest absolute Gasteiger partial charge is 0.405 e. The minimum atomic E-state index is -0.334. The van der Waals surface area contributed by atoms with Crippen LogP contribution in [0.1, 0.15) is 15.9 Å². The zero-order valence-corrected chi connectivity index (χ0v) is 11.9. The molecule has 0 saturated carbocycles. The van der Waals surface area contributed by atoms with E-state index >= 15 is 0 Å². The number of rotatable bonds is 4. The maximum Gasteiger partial charge on any atom is 0.494 e. The number of benzene rings is 2. The molecule has 1 fully saturated rings. The molecule has 3 rings (SSSR count). The lowest BCUT2D eigenvalue weighted by molar-refractivity contribution is 0.104. The molecule has 22 heavy (non-hydrogen) atoms. The van der Waals surface area contributed by atoms with E-state index in [1.54, 1.807) is 30.3 Å². The van der Waals surface area contributed by atoms with Gasteiger partial charge in [-0.3, -0.25) is 4.79 Å². The summed E-state index contributed by atoms with van der Waals surface area (Å²) >= 11 is 0. The van der Waals surface area contributed by atoms with E-state index in [-0.39, 0.29) is 18.7 Å². The lowest BCUT2D eigenvalue weighted by Gasteiger charge is -2.04. The van der Waals surface area contributed by atoms with Crippen LogP contribution in [0.15, 0.2) is 54.6 Å². The molecule has 110 valence electrons. The number of hydrogen-bond donors (Lipinski definition) is 0. The summed E-state index contributed by atoms with van der Waals surface area (Å²) in [6, 6.07) is 13.1. The zero-order chi connectivity index (χ0) is 15.4. The van der Waals surface area contributed by atoms with Gasteiger partial charge in [0.05, 0.1) is 13.2 Å². The van der Waals surface area contributed by atoms with Gasteiger partial charge in [-0.2, -0.15) is 0 Å². The molecule has 3 nitrogen and oxygen atoms in total. The molecule has 2 aromatic carbocycles. The molecule has 0 atom stereocenters. The number of carbonyl (C=O) groups is 1. The summed E-state index contributed by atoms with van der Waals surface area (Å²) in [5.41, 5.74) is 2.26. The molecule has 2 aromatic rings. The van der Waals surface area contributed by atoms with Crippen molar-refractivity contribution in [1.29, 1.82) is 0 Å². The quantitative estimate of drug-likeness (QED) is 0.494. The van der Waals surface area contributed by atoms with Crippen molar-refractivity contribution in [3.8, 4) is 0 Å². The SMILES string of the molecule is O=C(/C=C/c1ccc(F)cc1)c1ccc(B2OCCO2)cc1. The Kier molecular flexibility index (Phi) is 4.46. The Labute approximate surface area is 128 Å². The fourth-order valence-corrected chi connectivity index (χ4v) is 2.20. The predicted molar refractivity (Wildman–Crippen MR) is 83.5 cm³/mol. The largest absolute Gasteiger partial charge is 0.494 e. The van der Waals surface area contributed by atoms with Gasteiger partial charge in [0.15, 0.2) is 5.78 Å². The van der Waals surface area contributed by atoms with Crippen LogP contribution in [0.25, 0.3) is 6.08 Å². The molecular weight excluding hydrogens is 282 g/mol. The minimum absolute atomic E-state index is 0.107. The summed E-state index contributed by atoms with van der Waals surface area (Å²) in [5.74, 6) is -0.403. The van der Waals surface area contributed by atoms with Crippen LogP contribution in [0, 0.1) is 5.82 Å². The van der Waals surface area contributed by atoms with E-state index in [2.05, 4.69) is 0 Å². The number of carbonyl (C=O) groups excluding carboxylic acids is 1. The number of allylic oxidation sites excluding steroid dienone is 1. The Morgan fingerprint density at radius 3 is 2.27 bits per heavy atom. The van der Waals surface area contributed by atoms with E-state index in [1.807, 2.05) is 12.1 Å². The van der Waals surface area contributed by atoms with Crippen molar-refractivity contribution in [2.24, 2.45) is 0 Å². The second-order valence-electron chi connectivity index (χ2n) is 4.94. The van der Waals surface area contributed by atoms with E-state index in [1.165, 1.54) is 18.2 Å². The van der Waals surface area contributed by atoms with Crippen molar-refractivity contribution in [1.82, 2.24) is 0 Å². The van der Waals surface area contributed by atoms with E-state index in [0.717, 1.165) is 11.0 Å².